The molecule has 4 rings (SSSR count). The van der Waals surface area contributed by atoms with Gasteiger partial charge in [-0.2, -0.15) is 0 Å². The van der Waals surface area contributed by atoms with Crippen molar-refractivity contribution >= 4 is 23.0 Å². The Labute approximate surface area is 189 Å². The lowest BCUT2D eigenvalue weighted by Crippen LogP contribution is -2.46. The molecule has 1 amide bonds. The van der Waals surface area contributed by atoms with E-state index in [1.807, 2.05) is 60.7 Å². The van der Waals surface area contributed by atoms with Gasteiger partial charge in [0.1, 0.15) is 5.82 Å². The van der Waals surface area contributed by atoms with E-state index in [0.717, 1.165) is 43.2 Å². The van der Waals surface area contributed by atoms with Gasteiger partial charge < -0.3 is 15.1 Å². The molecule has 1 heterocycles. The summed E-state index contributed by atoms with van der Waals surface area (Å²) >= 11 is 0. The van der Waals surface area contributed by atoms with Gasteiger partial charge in [-0.05, 0) is 59.5 Å². The number of amides is 1. The van der Waals surface area contributed by atoms with E-state index in [-0.39, 0.29) is 17.1 Å². The lowest BCUT2D eigenvalue weighted by Gasteiger charge is -2.38. The van der Waals surface area contributed by atoms with E-state index in [2.05, 4.69) is 35.9 Å². The number of hydrogen-bond acceptors (Lipinski definition) is 3. The monoisotopic (exact) mass is 431 g/mol. The zero-order valence-corrected chi connectivity index (χ0v) is 18.9. The number of benzene rings is 3. The fourth-order valence-corrected chi connectivity index (χ4v) is 4.03. The van der Waals surface area contributed by atoms with Crippen LogP contribution in [0.15, 0.2) is 72.8 Å². The third kappa shape index (κ3) is 4.93. The Morgan fingerprint density at radius 1 is 0.812 bits per heavy atom. The molecule has 1 saturated heterocycles. The summed E-state index contributed by atoms with van der Waals surface area (Å²) in [6.45, 7) is 9.80. The molecule has 1 N–H and O–H groups in total. The van der Waals surface area contributed by atoms with E-state index >= 15 is 0 Å². The minimum absolute atomic E-state index is 0.0532. The Balaban J connectivity index is 1.44. The number of nitrogens with one attached hydrogen (secondary N) is 1. The number of piperazine rings is 1. The van der Waals surface area contributed by atoms with Crippen LogP contribution >= 0.6 is 0 Å². The predicted octanol–water partition coefficient (Wildman–Crippen LogP) is 5.70. The lowest BCUT2D eigenvalue weighted by atomic mass is 9.87. The molecule has 1 aliphatic rings. The number of carbonyl (C=O) groups excluding carboxylic acids is 1. The highest BCUT2D eigenvalue weighted by Gasteiger charge is 2.21. The van der Waals surface area contributed by atoms with Crippen molar-refractivity contribution in [1.29, 1.82) is 0 Å². The molecule has 0 saturated carbocycles. The van der Waals surface area contributed by atoms with Crippen LogP contribution in [-0.4, -0.2) is 32.1 Å². The average Bonchev–Trinajstić information content (AvgIpc) is 2.80. The third-order valence-corrected chi connectivity index (χ3v) is 5.98. The van der Waals surface area contributed by atoms with Crippen molar-refractivity contribution in [3.8, 4) is 0 Å². The summed E-state index contributed by atoms with van der Waals surface area (Å²) < 4.78 is 13.2. The molecular weight excluding hydrogens is 401 g/mol. The maximum Gasteiger partial charge on any atom is 0.255 e. The summed E-state index contributed by atoms with van der Waals surface area (Å²) in [6, 6.07) is 22.4. The van der Waals surface area contributed by atoms with Crippen molar-refractivity contribution in [3.05, 3.63) is 89.7 Å². The summed E-state index contributed by atoms with van der Waals surface area (Å²) in [4.78, 5) is 17.5. The Bertz CT molecular complexity index is 1060. The predicted molar refractivity (Wildman–Crippen MR) is 130 cm³/mol. The minimum Gasteiger partial charge on any atom is -0.368 e. The molecule has 3 aromatic rings. The van der Waals surface area contributed by atoms with E-state index in [9.17, 15) is 9.18 Å². The Hall–Kier alpha value is -3.34. The summed E-state index contributed by atoms with van der Waals surface area (Å²) in [5.41, 5.74) is 4.77. The minimum atomic E-state index is -0.217. The largest absolute Gasteiger partial charge is 0.368 e. The normalized spacial score (nSPS) is 14.4. The molecule has 5 heteroatoms. The molecule has 0 radical (unpaired) electrons. The number of halogens is 1. The molecule has 0 aliphatic carbocycles. The van der Waals surface area contributed by atoms with Crippen LogP contribution in [0.1, 0.15) is 36.7 Å². The second kappa shape index (κ2) is 9.03. The standard InChI is InChI=1S/C27H30FN3O/c1-27(2,3)21-10-8-20(9-11-21)26(32)29-24-6-4-5-7-25(24)31-18-16-30(17-19-31)23-14-12-22(28)13-15-23/h4-15H,16-19H2,1-3H3,(H,29,32). The molecule has 0 aromatic heterocycles. The molecule has 0 unspecified atom stereocenters. The van der Waals surface area contributed by atoms with E-state index in [0.29, 0.717) is 5.56 Å². The number of para-hydroxylation sites is 2. The van der Waals surface area contributed by atoms with E-state index in [1.54, 1.807) is 0 Å². The molecule has 4 nitrogen and oxygen atoms in total. The molecular formula is C27H30FN3O. The molecule has 3 aromatic carbocycles. The van der Waals surface area contributed by atoms with Crippen molar-refractivity contribution in [1.82, 2.24) is 0 Å². The highest BCUT2D eigenvalue weighted by molar-refractivity contribution is 6.06. The number of rotatable bonds is 4. The van der Waals surface area contributed by atoms with Crippen molar-refractivity contribution in [3.63, 3.8) is 0 Å². The van der Waals surface area contributed by atoms with Gasteiger partial charge in [0.2, 0.25) is 0 Å². The highest BCUT2D eigenvalue weighted by atomic mass is 19.1. The molecule has 0 bridgehead atoms. The van der Waals surface area contributed by atoms with Crippen molar-refractivity contribution in [2.45, 2.75) is 26.2 Å². The molecule has 166 valence electrons. The van der Waals surface area contributed by atoms with Crippen molar-refractivity contribution in [2.75, 3.05) is 41.3 Å². The first-order valence-electron chi connectivity index (χ1n) is 11.1. The zero-order valence-electron chi connectivity index (χ0n) is 18.9. The Morgan fingerprint density at radius 2 is 1.41 bits per heavy atom. The van der Waals surface area contributed by atoms with Crippen LogP contribution < -0.4 is 15.1 Å². The first kappa shape index (κ1) is 21.9. The summed E-state index contributed by atoms with van der Waals surface area (Å²) in [7, 11) is 0. The van der Waals surface area contributed by atoms with Crippen LogP contribution in [0.3, 0.4) is 0 Å². The smallest absolute Gasteiger partial charge is 0.255 e. The van der Waals surface area contributed by atoms with Gasteiger partial charge in [-0.15, -0.1) is 0 Å². The van der Waals surface area contributed by atoms with Crippen molar-refractivity contribution < 1.29 is 9.18 Å². The van der Waals surface area contributed by atoms with Crippen LogP contribution in [0.25, 0.3) is 0 Å². The third-order valence-electron chi connectivity index (χ3n) is 5.98. The topological polar surface area (TPSA) is 35.6 Å². The van der Waals surface area contributed by atoms with Gasteiger partial charge >= 0.3 is 0 Å². The van der Waals surface area contributed by atoms with E-state index in [1.165, 1.54) is 17.7 Å². The molecule has 32 heavy (non-hydrogen) atoms. The summed E-state index contributed by atoms with van der Waals surface area (Å²) in [5.74, 6) is -0.326. The zero-order chi connectivity index (χ0) is 22.7. The van der Waals surface area contributed by atoms with Crippen LogP contribution in [-0.2, 0) is 5.41 Å². The van der Waals surface area contributed by atoms with Crippen LogP contribution in [0.4, 0.5) is 21.5 Å². The van der Waals surface area contributed by atoms with Gasteiger partial charge in [0, 0.05) is 37.4 Å². The van der Waals surface area contributed by atoms with E-state index < -0.39 is 0 Å². The maximum atomic E-state index is 13.2. The number of hydrogen-bond donors (Lipinski definition) is 1. The van der Waals surface area contributed by atoms with Crippen LogP contribution in [0, 0.1) is 5.82 Å². The fourth-order valence-electron chi connectivity index (χ4n) is 4.03. The van der Waals surface area contributed by atoms with E-state index in [4.69, 9.17) is 0 Å². The maximum absolute atomic E-state index is 13.2. The van der Waals surface area contributed by atoms with Gasteiger partial charge in [-0.1, -0.05) is 45.0 Å². The number of nitrogens with zero attached hydrogens (tertiary/aromatic N) is 2. The molecule has 0 atom stereocenters. The molecule has 0 spiro atoms. The van der Waals surface area contributed by atoms with Crippen LogP contribution in [0.2, 0.25) is 0 Å². The van der Waals surface area contributed by atoms with Gasteiger partial charge in [0.25, 0.3) is 5.91 Å². The number of carbonyl (C=O) groups is 1. The SMILES string of the molecule is CC(C)(C)c1ccc(C(=O)Nc2ccccc2N2CCN(c3ccc(F)cc3)CC2)cc1. The quantitative estimate of drug-likeness (QED) is 0.575. The second-order valence-electron chi connectivity index (χ2n) is 9.25. The first-order chi connectivity index (χ1) is 15.3. The Kier molecular flexibility index (Phi) is 6.17. The first-order valence-corrected chi connectivity index (χ1v) is 11.1. The Morgan fingerprint density at radius 3 is 2.03 bits per heavy atom. The summed E-state index contributed by atoms with van der Waals surface area (Å²) in [5, 5.41) is 3.10. The summed E-state index contributed by atoms with van der Waals surface area (Å²) in [6.07, 6.45) is 0. The van der Waals surface area contributed by atoms with Crippen molar-refractivity contribution in [2.24, 2.45) is 0 Å². The fraction of sp³-hybridized carbons (Fsp3) is 0.296. The van der Waals surface area contributed by atoms with Gasteiger partial charge in [-0.25, -0.2) is 4.39 Å². The number of anilines is 3. The van der Waals surface area contributed by atoms with Gasteiger partial charge in [0.05, 0.1) is 11.4 Å². The van der Waals surface area contributed by atoms with Gasteiger partial charge in [-0.3, -0.25) is 4.79 Å². The van der Waals surface area contributed by atoms with Gasteiger partial charge in [0.15, 0.2) is 0 Å². The second-order valence-corrected chi connectivity index (χ2v) is 9.25. The molecule has 1 fully saturated rings. The molecule has 1 aliphatic heterocycles. The van der Waals surface area contributed by atoms with Crippen LogP contribution in [0.5, 0.6) is 0 Å². The lowest BCUT2D eigenvalue weighted by molar-refractivity contribution is 0.102. The highest BCUT2D eigenvalue weighted by Crippen LogP contribution is 2.29. The average molecular weight is 432 g/mol.